The maximum atomic E-state index is 2.59. The summed E-state index contributed by atoms with van der Waals surface area (Å²) in [5.41, 5.74) is 2.92. The highest BCUT2D eigenvalue weighted by Crippen LogP contribution is 2.11. The highest BCUT2D eigenvalue weighted by atomic mass is 15.2. The Labute approximate surface area is 104 Å². The molecule has 2 heteroatoms. The van der Waals surface area contributed by atoms with Gasteiger partial charge in [0, 0.05) is 12.0 Å². The summed E-state index contributed by atoms with van der Waals surface area (Å²) in [6.07, 6.45) is 6.33. The van der Waals surface area contributed by atoms with Crippen LogP contribution in [0.2, 0.25) is 0 Å². The molecule has 90 valence electrons. The predicted molar refractivity (Wildman–Crippen MR) is 71.0 cm³/mol. The van der Waals surface area contributed by atoms with Crippen LogP contribution in [0, 0.1) is 0 Å². The van der Waals surface area contributed by atoms with Gasteiger partial charge in [-0.2, -0.15) is 0 Å². The summed E-state index contributed by atoms with van der Waals surface area (Å²) in [6, 6.07) is 8.77. The number of hydrogen-bond donors (Lipinski definition) is 0. The second-order valence-electron chi connectivity index (χ2n) is 5.16. The number of nitrogens with zero attached hydrogens (tertiary/aromatic N) is 2. The van der Waals surface area contributed by atoms with E-state index in [9.17, 15) is 0 Å². The van der Waals surface area contributed by atoms with Gasteiger partial charge in [-0.15, -0.1) is 0 Å². The first-order chi connectivity index (χ1) is 8.42. The van der Waals surface area contributed by atoms with Gasteiger partial charge in [0.1, 0.15) is 6.54 Å². The molecule has 17 heavy (non-hydrogen) atoms. The Balaban J connectivity index is 1.63. The number of benzene rings is 1. The highest BCUT2D eigenvalue weighted by molar-refractivity contribution is 5.78. The molecule has 0 radical (unpaired) electrons. The Bertz CT molecular complexity index is 417. The zero-order valence-corrected chi connectivity index (χ0v) is 10.4. The molecule has 0 bridgehead atoms. The monoisotopic (exact) mass is 229 g/mol. The molecule has 1 saturated heterocycles. The van der Waals surface area contributed by atoms with Crippen molar-refractivity contribution in [1.29, 1.82) is 0 Å². The summed E-state index contributed by atoms with van der Waals surface area (Å²) in [5.74, 6) is 0. The third-order valence-corrected chi connectivity index (χ3v) is 3.95. The van der Waals surface area contributed by atoms with Crippen molar-refractivity contribution in [3.8, 4) is 0 Å². The summed E-state index contributed by atoms with van der Waals surface area (Å²) in [7, 11) is 0. The van der Waals surface area contributed by atoms with Gasteiger partial charge in [0.05, 0.1) is 6.54 Å². The average molecular weight is 229 g/mol. The standard InChI is InChI=1S/C15H21N2/c1-2-6-15-13-17(10-7-14(15)5-1)12-11-16-8-3-4-9-16/h1-2,5-6,13H,3-4,7-12H2/q+1. The number of rotatable bonds is 3. The van der Waals surface area contributed by atoms with Crippen molar-refractivity contribution < 1.29 is 4.58 Å². The zero-order valence-electron chi connectivity index (χ0n) is 10.4. The lowest BCUT2D eigenvalue weighted by atomic mass is 10.0. The van der Waals surface area contributed by atoms with Gasteiger partial charge in [0.2, 0.25) is 0 Å². The summed E-state index contributed by atoms with van der Waals surface area (Å²) in [5, 5.41) is 0. The molecule has 0 aromatic heterocycles. The van der Waals surface area contributed by atoms with Gasteiger partial charge in [-0.1, -0.05) is 18.2 Å². The summed E-state index contributed by atoms with van der Waals surface area (Å²) < 4.78 is 2.49. The van der Waals surface area contributed by atoms with Crippen LogP contribution in [-0.2, 0) is 6.42 Å². The fraction of sp³-hybridized carbons (Fsp3) is 0.533. The first-order valence-electron chi connectivity index (χ1n) is 6.81. The molecule has 2 nitrogen and oxygen atoms in total. The van der Waals surface area contributed by atoms with E-state index in [0.717, 1.165) is 0 Å². The van der Waals surface area contributed by atoms with Gasteiger partial charge < -0.3 is 0 Å². The van der Waals surface area contributed by atoms with Crippen molar-refractivity contribution >= 4 is 6.21 Å². The lowest BCUT2D eigenvalue weighted by Crippen LogP contribution is -2.32. The Morgan fingerprint density at radius 2 is 1.94 bits per heavy atom. The molecule has 0 amide bonds. The van der Waals surface area contributed by atoms with Gasteiger partial charge in [-0.25, -0.2) is 4.58 Å². The van der Waals surface area contributed by atoms with Crippen LogP contribution < -0.4 is 0 Å². The average Bonchev–Trinajstić information content (AvgIpc) is 2.89. The lowest BCUT2D eigenvalue weighted by Gasteiger charge is -2.16. The van der Waals surface area contributed by atoms with Crippen molar-refractivity contribution in [3.63, 3.8) is 0 Å². The van der Waals surface area contributed by atoms with Crippen LogP contribution in [0.4, 0.5) is 0 Å². The normalized spacial score (nSPS) is 20.1. The van der Waals surface area contributed by atoms with E-state index in [1.54, 1.807) is 0 Å². The fourth-order valence-electron chi connectivity index (χ4n) is 2.87. The van der Waals surface area contributed by atoms with Gasteiger partial charge in [0.15, 0.2) is 12.8 Å². The van der Waals surface area contributed by atoms with E-state index in [4.69, 9.17) is 0 Å². The second kappa shape index (κ2) is 5.01. The quantitative estimate of drug-likeness (QED) is 0.716. The molecule has 0 unspecified atom stereocenters. The topological polar surface area (TPSA) is 6.25 Å². The van der Waals surface area contributed by atoms with E-state index in [1.165, 1.54) is 63.1 Å². The SMILES string of the molecule is C1=[N+](CCN2CCCC2)CCc2ccccc21. The van der Waals surface area contributed by atoms with Crippen LogP contribution in [0.15, 0.2) is 24.3 Å². The molecular formula is C15H21N2+. The molecule has 2 aliphatic heterocycles. The van der Waals surface area contributed by atoms with Crippen LogP contribution in [0.5, 0.6) is 0 Å². The molecular weight excluding hydrogens is 208 g/mol. The third kappa shape index (κ3) is 2.58. The van der Waals surface area contributed by atoms with Crippen LogP contribution in [0.3, 0.4) is 0 Å². The summed E-state index contributed by atoms with van der Waals surface area (Å²) >= 11 is 0. The molecule has 0 saturated carbocycles. The van der Waals surface area contributed by atoms with Crippen molar-refractivity contribution in [2.75, 3.05) is 32.7 Å². The maximum absolute atomic E-state index is 2.59. The van der Waals surface area contributed by atoms with Crippen LogP contribution >= 0.6 is 0 Å². The second-order valence-corrected chi connectivity index (χ2v) is 5.16. The maximum Gasteiger partial charge on any atom is 0.171 e. The minimum atomic E-state index is 1.19. The highest BCUT2D eigenvalue weighted by Gasteiger charge is 2.17. The molecule has 1 aromatic carbocycles. The van der Waals surface area contributed by atoms with E-state index in [-0.39, 0.29) is 0 Å². The van der Waals surface area contributed by atoms with E-state index in [1.807, 2.05) is 0 Å². The number of likely N-dealkylation sites (tertiary alicyclic amines) is 1. The van der Waals surface area contributed by atoms with E-state index >= 15 is 0 Å². The Hall–Kier alpha value is -1.15. The van der Waals surface area contributed by atoms with Gasteiger partial charge in [-0.05, 0) is 37.6 Å². The molecule has 0 N–H and O–H groups in total. The molecule has 0 aliphatic carbocycles. The fourth-order valence-corrected chi connectivity index (χ4v) is 2.87. The number of fused-ring (bicyclic) bond motifs is 1. The summed E-state index contributed by atoms with van der Waals surface area (Å²) in [6.45, 7) is 6.23. The molecule has 0 atom stereocenters. The van der Waals surface area contributed by atoms with E-state index in [2.05, 4.69) is 40.0 Å². The Morgan fingerprint density at radius 1 is 1.12 bits per heavy atom. The molecule has 1 aromatic rings. The third-order valence-electron chi connectivity index (χ3n) is 3.95. The van der Waals surface area contributed by atoms with E-state index in [0.29, 0.717) is 0 Å². The van der Waals surface area contributed by atoms with Gasteiger partial charge in [0.25, 0.3) is 0 Å². The van der Waals surface area contributed by atoms with Crippen LogP contribution in [0.25, 0.3) is 0 Å². The molecule has 1 fully saturated rings. The largest absolute Gasteiger partial charge is 0.297 e. The number of hydrogen-bond acceptors (Lipinski definition) is 1. The van der Waals surface area contributed by atoms with Crippen molar-refractivity contribution in [3.05, 3.63) is 35.4 Å². The minimum absolute atomic E-state index is 1.19. The van der Waals surface area contributed by atoms with Gasteiger partial charge in [-0.3, -0.25) is 4.90 Å². The first-order valence-corrected chi connectivity index (χ1v) is 6.81. The molecule has 0 spiro atoms. The summed E-state index contributed by atoms with van der Waals surface area (Å²) in [4.78, 5) is 2.59. The van der Waals surface area contributed by atoms with Crippen LogP contribution in [-0.4, -0.2) is 48.4 Å². The minimum Gasteiger partial charge on any atom is -0.297 e. The lowest BCUT2D eigenvalue weighted by molar-refractivity contribution is -0.524. The van der Waals surface area contributed by atoms with Crippen molar-refractivity contribution in [1.82, 2.24) is 4.90 Å². The van der Waals surface area contributed by atoms with Crippen LogP contribution in [0.1, 0.15) is 24.0 Å². The Morgan fingerprint density at radius 3 is 2.82 bits per heavy atom. The van der Waals surface area contributed by atoms with Gasteiger partial charge >= 0.3 is 0 Å². The smallest absolute Gasteiger partial charge is 0.171 e. The van der Waals surface area contributed by atoms with Crippen molar-refractivity contribution in [2.45, 2.75) is 19.3 Å². The molecule has 2 heterocycles. The molecule has 2 aliphatic rings. The van der Waals surface area contributed by atoms with Crippen molar-refractivity contribution in [2.24, 2.45) is 0 Å². The predicted octanol–water partition coefficient (Wildman–Crippen LogP) is 1.77. The zero-order chi connectivity index (χ0) is 11.5. The van der Waals surface area contributed by atoms with E-state index < -0.39 is 0 Å². The molecule has 3 rings (SSSR count). The first kappa shape index (κ1) is 11.0. The Kier molecular flexibility index (Phi) is 3.23.